The molecule has 0 spiro atoms. The molecular formula is C17H16ClFN2O. The zero-order valence-electron chi connectivity index (χ0n) is 12.0. The first-order chi connectivity index (χ1) is 10.6. The van der Waals surface area contributed by atoms with E-state index in [-0.39, 0.29) is 5.56 Å². The lowest BCUT2D eigenvalue weighted by molar-refractivity contribution is 0.102. The molecule has 1 heterocycles. The summed E-state index contributed by atoms with van der Waals surface area (Å²) >= 11 is 5.84. The highest BCUT2D eigenvalue weighted by Gasteiger charge is 2.18. The zero-order chi connectivity index (χ0) is 15.5. The molecule has 0 unspecified atom stereocenters. The van der Waals surface area contributed by atoms with Gasteiger partial charge in [0, 0.05) is 18.1 Å². The highest BCUT2D eigenvalue weighted by atomic mass is 35.5. The molecule has 1 N–H and O–H groups in total. The van der Waals surface area contributed by atoms with Gasteiger partial charge in [-0.1, -0.05) is 23.7 Å². The molecule has 0 saturated carbocycles. The van der Waals surface area contributed by atoms with Gasteiger partial charge in [0.15, 0.2) is 0 Å². The van der Waals surface area contributed by atoms with Crippen LogP contribution in [0.1, 0.15) is 23.2 Å². The summed E-state index contributed by atoms with van der Waals surface area (Å²) in [6, 6.07) is 11.5. The van der Waals surface area contributed by atoms with E-state index in [2.05, 4.69) is 10.2 Å². The second-order valence-electron chi connectivity index (χ2n) is 5.29. The molecule has 1 fully saturated rings. The number of anilines is 2. The maximum Gasteiger partial charge on any atom is 0.258 e. The third-order valence-electron chi connectivity index (χ3n) is 3.77. The van der Waals surface area contributed by atoms with E-state index in [0.29, 0.717) is 10.7 Å². The molecule has 3 nitrogen and oxygen atoms in total. The van der Waals surface area contributed by atoms with E-state index in [1.807, 2.05) is 24.3 Å². The van der Waals surface area contributed by atoms with Crippen LogP contribution in [0, 0.1) is 5.82 Å². The topological polar surface area (TPSA) is 32.3 Å². The Morgan fingerprint density at radius 1 is 1.14 bits per heavy atom. The van der Waals surface area contributed by atoms with Crippen molar-refractivity contribution in [3.63, 3.8) is 0 Å². The third kappa shape index (κ3) is 3.07. The number of benzene rings is 2. The van der Waals surface area contributed by atoms with Crippen molar-refractivity contribution in [2.75, 3.05) is 23.3 Å². The molecule has 5 heteroatoms. The van der Waals surface area contributed by atoms with Crippen LogP contribution < -0.4 is 10.2 Å². The minimum atomic E-state index is -0.583. The summed E-state index contributed by atoms with van der Waals surface area (Å²) < 4.78 is 13.8. The lowest BCUT2D eigenvalue weighted by Gasteiger charge is -2.21. The van der Waals surface area contributed by atoms with Crippen LogP contribution in [0.4, 0.5) is 15.8 Å². The quantitative estimate of drug-likeness (QED) is 0.913. The average molecular weight is 319 g/mol. The fourth-order valence-corrected chi connectivity index (χ4v) is 2.85. The van der Waals surface area contributed by atoms with Crippen LogP contribution in [0.5, 0.6) is 0 Å². The van der Waals surface area contributed by atoms with Crippen molar-refractivity contribution in [1.82, 2.24) is 0 Å². The Kier molecular flexibility index (Phi) is 4.29. The summed E-state index contributed by atoms with van der Waals surface area (Å²) in [4.78, 5) is 14.6. The fourth-order valence-electron chi connectivity index (χ4n) is 2.67. The number of carbonyl (C=O) groups excluding carboxylic acids is 1. The smallest absolute Gasteiger partial charge is 0.258 e. The number of amides is 1. The highest BCUT2D eigenvalue weighted by Crippen LogP contribution is 2.29. The van der Waals surface area contributed by atoms with Crippen molar-refractivity contribution >= 4 is 28.9 Å². The molecule has 1 amide bonds. The van der Waals surface area contributed by atoms with E-state index in [1.165, 1.54) is 18.2 Å². The van der Waals surface area contributed by atoms with E-state index >= 15 is 0 Å². The molecule has 3 rings (SSSR count). The summed E-state index contributed by atoms with van der Waals surface area (Å²) in [5, 5.41) is 3.13. The van der Waals surface area contributed by atoms with E-state index in [4.69, 9.17) is 11.6 Å². The van der Waals surface area contributed by atoms with Crippen LogP contribution >= 0.6 is 11.6 Å². The molecule has 0 radical (unpaired) electrons. The Labute approximate surface area is 133 Å². The summed E-state index contributed by atoms with van der Waals surface area (Å²) in [7, 11) is 0. The Hall–Kier alpha value is -2.07. The second-order valence-corrected chi connectivity index (χ2v) is 5.73. The molecular weight excluding hydrogens is 303 g/mol. The number of para-hydroxylation sites is 2. The average Bonchev–Trinajstić information content (AvgIpc) is 3.04. The number of hydrogen-bond acceptors (Lipinski definition) is 2. The van der Waals surface area contributed by atoms with Crippen LogP contribution in [0.3, 0.4) is 0 Å². The Bertz CT molecular complexity index is 699. The van der Waals surface area contributed by atoms with Crippen LogP contribution in [0.15, 0.2) is 42.5 Å². The van der Waals surface area contributed by atoms with E-state index < -0.39 is 11.7 Å². The molecule has 1 aliphatic rings. The van der Waals surface area contributed by atoms with Crippen LogP contribution in [0.2, 0.25) is 5.02 Å². The summed E-state index contributed by atoms with van der Waals surface area (Å²) in [5.74, 6) is -1.08. The fraction of sp³-hybridized carbons (Fsp3) is 0.235. The van der Waals surface area contributed by atoms with Gasteiger partial charge in [-0.2, -0.15) is 0 Å². The predicted octanol–water partition coefficient (Wildman–Crippen LogP) is 4.33. The predicted molar refractivity (Wildman–Crippen MR) is 87.3 cm³/mol. The van der Waals surface area contributed by atoms with Crippen LogP contribution in [-0.2, 0) is 0 Å². The number of rotatable bonds is 3. The Morgan fingerprint density at radius 2 is 1.86 bits per heavy atom. The Morgan fingerprint density at radius 3 is 2.64 bits per heavy atom. The molecule has 2 aromatic carbocycles. The number of nitrogens with one attached hydrogen (secondary N) is 1. The molecule has 114 valence electrons. The van der Waals surface area contributed by atoms with Crippen molar-refractivity contribution in [2.45, 2.75) is 12.8 Å². The molecule has 0 atom stereocenters. The first kappa shape index (κ1) is 14.9. The maximum atomic E-state index is 13.8. The zero-order valence-corrected chi connectivity index (χ0v) is 12.7. The van der Waals surface area contributed by atoms with Gasteiger partial charge in [0.05, 0.1) is 16.9 Å². The van der Waals surface area contributed by atoms with Gasteiger partial charge in [-0.3, -0.25) is 4.79 Å². The molecule has 0 aromatic heterocycles. The third-order valence-corrected chi connectivity index (χ3v) is 4.01. The Balaban J connectivity index is 1.86. The molecule has 0 aliphatic carbocycles. The number of halogens is 2. The monoisotopic (exact) mass is 318 g/mol. The molecule has 1 aliphatic heterocycles. The summed E-state index contributed by atoms with van der Waals surface area (Å²) in [5.41, 5.74) is 1.60. The van der Waals surface area contributed by atoms with Crippen LogP contribution in [-0.4, -0.2) is 19.0 Å². The number of hydrogen-bond donors (Lipinski definition) is 1. The van der Waals surface area contributed by atoms with Gasteiger partial charge >= 0.3 is 0 Å². The van der Waals surface area contributed by atoms with E-state index in [9.17, 15) is 9.18 Å². The SMILES string of the molecule is O=C(Nc1ccccc1N1CCCC1)c1cc(Cl)ccc1F. The van der Waals surface area contributed by atoms with E-state index in [1.54, 1.807) is 0 Å². The summed E-state index contributed by atoms with van der Waals surface area (Å²) in [6.07, 6.45) is 2.29. The lowest BCUT2D eigenvalue weighted by atomic mass is 10.2. The second kappa shape index (κ2) is 6.36. The first-order valence-electron chi connectivity index (χ1n) is 7.25. The molecule has 1 saturated heterocycles. The highest BCUT2D eigenvalue weighted by molar-refractivity contribution is 6.31. The summed E-state index contributed by atoms with van der Waals surface area (Å²) in [6.45, 7) is 1.94. The van der Waals surface area contributed by atoms with Crippen molar-refractivity contribution in [3.05, 3.63) is 58.9 Å². The number of carbonyl (C=O) groups is 1. The largest absolute Gasteiger partial charge is 0.370 e. The number of nitrogens with zero attached hydrogens (tertiary/aromatic N) is 1. The van der Waals surface area contributed by atoms with Gasteiger partial charge in [-0.25, -0.2) is 4.39 Å². The minimum Gasteiger partial charge on any atom is -0.370 e. The molecule has 0 bridgehead atoms. The van der Waals surface area contributed by atoms with Gasteiger partial charge in [0.2, 0.25) is 0 Å². The molecule has 2 aromatic rings. The van der Waals surface area contributed by atoms with Crippen molar-refractivity contribution < 1.29 is 9.18 Å². The van der Waals surface area contributed by atoms with Crippen molar-refractivity contribution in [3.8, 4) is 0 Å². The van der Waals surface area contributed by atoms with E-state index in [0.717, 1.165) is 31.6 Å². The van der Waals surface area contributed by atoms with Gasteiger partial charge in [0.25, 0.3) is 5.91 Å². The van der Waals surface area contributed by atoms with Crippen molar-refractivity contribution in [2.24, 2.45) is 0 Å². The minimum absolute atomic E-state index is 0.0521. The van der Waals surface area contributed by atoms with Gasteiger partial charge in [0.1, 0.15) is 5.82 Å². The lowest BCUT2D eigenvalue weighted by Crippen LogP contribution is -2.21. The van der Waals surface area contributed by atoms with Gasteiger partial charge < -0.3 is 10.2 Å². The van der Waals surface area contributed by atoms with Gasteiger partial charge in [-0.15, -0.1) is 0 Å². The standard InChI is InChI=1S/C17H16ClFN2O/c18-12-7-8-14(19)13(11-12)17(22)20-15-5-1-2-6-16(15)21-9-3-4-10-21/h1-2,5-8,11H,3-4,9-10H2,(H,20,22). The molecule has 22 heavy (non-hydrogen) atoms. The van der Waals surface area contributed by atoms with Crippen molar-refractivity contribution in [1.29, 1.82) is 0 Å². The first-order valence-corrected chi connectivity index (χ1v) is 7.63. The van der Waals surface area contributed by atoms with Crippen LogP contribution in [0.25, 0.3) is 0 Å². The normalized spacial score (nSPS) is 14.2. The maximum absolute atomic E-state index is 13.8. The van der Waals surface area contributed by atoms with Gasteiger partial charge in [-0.05, 0) is 43.2 Å².